The lowest BCUT2D eigenvalue weighted by atomic mass is 10.1. The Hall–Kier alpha value is -1.75. The SMILES string of the molecule is CCN(CC(=O)O)C(=O)c1ccc(Cl)c(N)c1. The number of rotatable bonds is 4. The number of halogens is 1. The van der Waals surface area contributed by atoms with Crippen LogP contribution in [0.25, 0.3) is 0 Å². The van der Waals surface area contributed by atoms with Gasteiger partial charge in [-0.2, -0.15) is 0 Å². The molecule has 5 nitrogen and oxygen atoms in total. The predicted molar refractivity (Wildman–Crippen MR) is 65.1 cm³/mol. The molecule has 0 aliphatic rings. The molecule has 1 rings (SSSR count). The summed E-state index contributed by atoms with van der Waals surface area (Å²) in [5, 5.41) is 9.03. The number of amides is 1. The van der Waals surface area contributed by atoms with Crippen LogP contribution in [-0.2, 0) is 4.79 Å². The molecular weight excluding hydrogens is 244 g/mol. The number of hydrogen-bond donors (Lipinski definition) is 2. The predicted octanol–water partition coefficient (Wildman–Crippen LogP) is 1.47. The molecule has 17 heavy (non-hydrogen) atoms. The molecule has 0 atom stereocenters. The molecule has 92 valence electrons. The first-order valence-electron chi connectivity index (χ1n) is 5.01. The van der Waals surface area contributed by atoms with E-state index in [1.807, 2.05) is 0 Å². The fourth-order valence-electron chi connectivity index (χ4n) is 1.35. The van der Waals surface area contributed by atoms with Gasteiger partial charge in [-0.15, -0.1) is 0 Å². The Bertz CT molecular complexity index is 448. The van der Waals surface area contributed by atoms with E-state index >= 15 is 0 Å². The third-order valence-electron chi connectivity index (χ3n) is 2.24. The van der Waals surface area contributed by atoms with Crippen molar-refractivity contribution in [3.05, 3.63) is 28.8 Å². The first-order valence-corrected chi connectivity index (χ1v) is 5.39. The highest BCUT2D eigenvalue weighted by Crippen LogP contribution is 2.20. The summed E-state index contributed by atoms with van der Waals surface area (Å²) in [5.74, 6) is -1.43. The second-order valence-electron chi connectivity index (χ2n) is 3.45. The van der Waals surface area contributed by atoms with Gasteiger partial charge in [0, 0.05) is 12.1 Å². The fourth-order valence-corrected chi connectivity index (χ4v) is 1.47. The molecule has 0 heterocycles. The summed E-state index contributed by atoms with van der Waals surface area (Å²) in [7, 11) is 0. The Morgan fingerprint density at radius 1 is 1.47 bits per heavy atom. The summed E-state index contributed by atoms with van der Waals surface area (Å²) in [6.07, 6.45) is 0. The van der Waals surface area contributed by atoms with E-state index in [0.29, 0.717) is 22.8 Å². The van der Waals surface area contributed by atoms with Crippen LogP contribution in [0.3, 0.4) is 0 Å². The average molecular weight is 257 g/mol. The Morgan fingerprint density at radius 3 is 2.59 bits per heavy atom. The highest BCUT2D eigenvalue weighted by atomic mass is 35.5. The van der Waals surface area contributed by atoms with Crippen LogP contribution in [0.15, 0.2) is 18.2 Å². The Labute approximate surface area is 104 Å². The topological polar surface area (TPSA) is 83.6 Å². The van der Waals surface area contributed by atoms with E-state index < -0.39 is 5.97 Å². The zero-order chi connectivity index (χ0) is 13.0. The van der Waals surface area contributed by atoms with Crippen molar-refractivity contribution in [2.24, 2.45) is 0 Å². The minimum atomic E-state index is -1.05. The molecule has 1 aromatic carbocycles. The lowest BCUT2D eigenvalue weighted by molar-refractivity contribution is -0.137. The van der Waals surface area contributed by atoms with Crippen LogP contribution >= 0.6 is 11.6 Å². The quantitative estimate of drug-likeness (QED) is 0.799. The normalized spacial score (nSPS) is 10.0. The van der Waals surface area contributed by atoms with Crippen molar-refractivity contribution < 1.29 is 14.7 Å². The number of nitrogens with two attached hydrogens (primary N) is 1. The molecule has 1 aromatic rings. The number of carboxylic acids is 1. The van der Waals surface area contributed by atoms with Gasteiger partial charge in [0.05, 0.1) is 10.7 Å². The number of carboxylic acid groups (broad SMARTS) is 1. The lowest BCUT2D eigenvalue weighted by Crippen LogP contribution is -2.35. The smallest absolute Gasteiger partial charge is 0.323 e. The molecule has 0 saturated carbocycles. The Balaban J connectivity index is 2.93. The van der Waals surface area contributed by atoms with Crippen LogP contribution in [-0.4, -0.2) is 35.0 Å². The minimum absolute atomic E-state index is 0.295. The maximum absolute atomic E-state index is 11.9. The summed E-state index contributed by atoms with van der Waals surface area (Å²) < 4.78 is 0. The maximum atomic E-state index is 11.9. The molecule has 0 fully saturated rings. The largest absolute Gasteiger partial charge is 0.480 e. The van der Waals surface area contributed by atoms with Gasteiger partial charge in [0.15, 0.2) is 0 Å². The number of anilines is 1. The summed E-state index contributed by atoms with van der Waals surface area (Å²) >= 11 is 5.74. The number of nitrogens with zero attached hydrogens (tertiary/aromatic N) is 1. The molecular formula is C11H13ClN2O3. The van der Waals surface area contributed by atoms with Gasteiger partial charge in [0.2, 0.25) is 0 Å². The summed E-state index contributed by atoms with van der Waals surface area (Å²) in [5.41, 5.74) is 6.21. The highest BCUT2D eigenvalue weighted by Gasteiger charge is 2.17. The first-order chi connectivity index (χ1) is 7.95. The third-order valence-corrected chi connectivity index (χ3v) is 2.58. The summed E-state index contributed by atoms with van der Waals surface area (Å²) in [6, 6.07) is 4.47. The van der Waals surface area contributed by atoms with Gasteiger partial charge < -0.3 is 15.7 Å². The van der Waals surface area contributed by atoms with E-state index in [-0.39, 0.29) is 12.5 Å². The standard InChI is InChI=1S/C11H13ClN2O3/c1-2-14(6-10(15)16)11(17)7-3-4-8(12)9(13)5-7/h3-5H,2,6,13H2,1H3,(H,15,16). The van der Waals surface area contributed by atoms with Crippen molar-refractivity contribution in [2.45, 2.75) is 6.92 Å². The highest BCUT2D eigenvalue weighted by molar-refractivity contribution is 6.33. The second kappa shape index (κ2) is 5.54. The van der Waals surface area contributed by atoms with Gasteiger partial charge >= 0.3 is 5.97 Å². The Morgan fingerprint density at radius 2 is 2.12 bits per heavy atom. The van der Waals surface area contributed by atoms with Crippen molar-refractivity contribution in [1.29, 1.82) is 0 Å². The van der Waals surface area contributed by atoms with Gasteiger partial charge in [-0.3, -0.25) is 9.59 Å². The van der Waals surface area contributed by atoms with Crippen molar-refractivity contribution in [3.8, 4) is 0 Å². The van der Waals surface area contributed by atoms with Crippen LogP contribution in [0.1, 0.15) is 17.3 Å². The van der Waals surface area contributed by atoms with Crippen LogP contribution in [0.5, 0.6) is 0 Å². The molecule has 3 N–H and O–H groups in total. The molecule has 0 radical (unpaired) electrons. The zero-order valence-electron chi connectivity index (χ0n) is 9.31. The summed E-state index contributed by atoms with van der Waals surface area (Å²) in [6.45, 7) is 1.69. The van der Waals surface area contributed by atoms with Gasteiger partial charge in [-0.1, -0.05) is 11.6 Å². The van der Waals surface area contributed by atoms with Gasteiger partial charge in [0.25, 0.3) is 5.91 Å². The van der Waals surface area contributed by atoms with Gasteiger partial charge in [0.1, 0.15) is 6.54 Å². The number of likely N-dealkylation sites (N-methyl/N-ethyl adjacent to an activating group) is 1. The molecule has 0 spiro atoms. The minimum Gasteiger partial charge on any atom is -0.480 e. The second-order valence-corrected chi connectivity index (χ2v) is 3.86. The van der Waals surface area contributed by atoms with E-state index in [2.05, 4.69) is 0 Å². The molecule has 6 heteroatoms. The van der Waals surface area contributed by atoms with E-state index in [4.69, 9.17) is 22.4 Å². The van der Waals surface area contributed by atoms with Crippen LogP contribution in [0, 0.1) is 0 Å². The molecule has 0 bridgehead atoms. The number of carbonyl (C=O) groups excluding carboxylic acids is 1. The molecule has 0 saturated heterocycles. The van der Waals surface area contributed by atoms with Crippen molar-refractivity contribution >= 4 is 29.2 Å². The average Bonchev–Trinajstić information content (AvgIpc) is 2.28. The van der Waals surface area contributed by atoms with Gasteiger partial charge in [-0.05, 0) is 25.1 Å². The maximum Gasteiger partial charge on any atom is 0.323 e. The monoisotopic (exact) mass is 256 g/mol. The van der Waals surface area contributed by atoms with Gasteiger partial charge in [-0.25, -0.2) is 0 Å². The summed E-state index contributed by atoms with van der Waals surface area (Å²) in [4.78, 5) is 23.7. The number of carbonyl (C=O) groups is 2. The molecule has 0 unspecified atom stereocenters. The van der Waals surface area contributed by atoms with E-state index in [0.717, 1.165) is 0 Å². The lowest BCUT2D eigenvalue weighted by Gasteiger charge is -2.18. The van der Waals surface area contributed by atoms with Crippen LogP contribution in [0.4, 0.5) is 5.69 Å². The number of nitrogen functional groups attached to an aromatic ring is 1. The fraction of sp³-hybridized carbons (Fsp3) is 0.273. The number of hydrogen-bond acceptors (Lipinski definition) is 3. The molecule has 0 aromatic heterocycles. The van der Waals surface area contributed by atoms with Crippen LogP contribution < -0.4 is 5.73 Å². The van der Waals surface area contributed by atoms with E-state index in [9.17, 15) is 9.59 Å². The molecule has 0 aliphatic heterocycles. The number of benzene rings is 1. The zero-order valence-corrected chi connectivity index (χ0v) is 10.1. The first kappa shape index (κ1) is 13.3. The van der Waals surface area contributed by atoms with Crippen LogP contribution in [0.2, 0.25) is 5.02 Å². The van der Waals surface area contributed by atoms with Crippen molar-refractivity contribution in [1.82, 2.24) is 4.90 Å². The van der Waals surface area contributed by atoms with E-state index in [1.54, 1.807) is 6.92 Å². The van der Waals surface area contributed by atoms with E-state index in [1.165, 1.54) is 23.1 Å². The Kier molecular flexibility index (Phi) is 4.34. The molecule has 1 amide bonds. The number of aliphatic carboxylic acids is 1. The third kappa shape index (κ3) is 3.35. The van der Waals surface area contributed by atoms with Crippen molar-refractivity contribution in [2.75, 3.05) is 18.8 Å². The van der Waals surface area contributed by atoms with Crippen molar-refractivity contribution in [3.63, 3.8) is 0 Å². The molecule has 0 aliphatic carbocycles.